The first-order valence-electron chi connectivity index (χ1n) is 7.69. The van der Waals surface area contributed by atoms with Crippen LogP contribution in [0.4, 0.5) is 4.39 Å². The van der Waals surface area contributed by atoms with Gasteiger partial charge >= 0.3 is 0 Å². The van der Waals surface area contributed by atoms with E-state index in [0.29, 0.717) is 13.0 Å². The van der Waals surface area contributed by atoms with Gasteiger partial charge < -0.3 is 5.32 Å². The molecule has 0 radical (unpaired) electrons. The van der Waals surface area contributed by atoms with Crippen LogP contribution in [0.5, 0.6) is 0 Å². The first kappa shape index (κ1) is 15.8. The van der Waals surface area contributed by atoms with Crippen molar-refractivity contribution in [3.63, 3.8) is 0 Å². The fourth-order valence-electron chi connectivity index (χ4n) is 2.49. The Balaban J connectivity index is 1.54. The van der Waals surface area contributed by atoms with Crippen LogP contribution in [0.2, 0.25) is 0 Å². The number of hydrogen-bond acceptors (Lipinski definition) is 3. The maximum Gasteiger partial charge on any atom is 0.126 e. The third-order valence-corrected chi connectivity index (χ3v) is 4.80. The van der Waals surface area contributed by atoms with Crippen LogP contribution in [-0.2, 0) is 13.0 Å². The van der Waals surface area contributed by atoms with Crippen LogP contribution in [0.3, 0.4) is 0 Å². The van der Waals surface area contributed by atoms with Gasteiger partial charge in [0.15, 0.2) is 0 Å². The van der Waals surface area contributed by atoms with Gasteiger partial charge in [0.2, 0.25) is 0 Å². The fourth-order valence-corrected chi connectivity index (χ4v) is 3.46. The Labute approximate surface area is 140 Å². The van der Waals surface area contributed by atoms with Crippen LogP contribution in [0.15, 0.2) is 54.7 Å². The quantitative estimate of drug-likeness (QED) is 0.670. The molecule has 0 aliphatic heterocycles. The zero-order valence-corrected chi connectivity index (χ0v) is 13.9. The Bertz CT molecular complexity index is 782. The molecule has 23 heavy (non-hydrogen) atoms. The zero-order chi connectivity index (χ0) is 16.1. The van der Waals surface area contributed by atoms with Gasteiger partial charge in [-0.05, 0) is 42.6 Å². The van der Waals surface area contributed by atoms with E-state index in [1.807, 2.05) is 30.5 Å². The van der Waals surface area contributed by atoms with Crippen molar-refractivity contribution in [2.24, 2.45) is 0 Å². The van der Waals surface area contributed by atoms with Crippen LogP contribution in [-0.4, -0.2) is 11.5 Å². The van der Waals surface area contributed by atoms with Crippen molar-refractivity contribution in [2.45, 2.75) is 19.9 Å². The number of nitrogens with one attached hydrogen (secondary N) is 1. The van der Waals surface area contributed by atoms with Crippen LogP contribution >= 0.6 is 11.3 Å². The van der Waals surface area contributed by atoms with Crippen molar-refractivity contribution < 1.29 is 4.39 Å². The molecule has 0 fully saturated rings. The summed E-state index contributed by atoms with van der Waals surface area (Å²) in [6.45, 7) is 3.56. The van der Waals surface area contributed by atoms with Gasteiger partial charge in [-0.3, -0.25) is 0 Å². The minimum Gasteiger partial charge on any atom is -0.310 e. The highest BCUT2D eigenvalue weighted by atomic mass is 32.1. The minimum atomic E-state index is -0.134. The van der Waals surface area contributed by atoms with Crippen molar-refractivity contribution in [3.05, 3.63) is 76.7 Å². The lowest BCUT2D eigenvalue weighted by atomic mass is 10.1. The van der Waals surface area contributed by atoms with Gasteiger partial charge in [-0.15, -0.1) is 11.3 Å². The largest absolute Gasteiger partial charge is 0.310 e. The summed E-state index contributed by atoms with van der Waals surface area (Å²) in [5.41, 5.74) is 3.25. The molecule has 0 spiro atoms. The molecular formula is C19H19FN2S. The average molecular weight is 326 g/mol. The number of benzene rings is 2. The predicted octanol–water partition coefficient (Wildman–Crippen LogP) is 4.59. The Kier molecular flexibility index (Phi) is 5.16. The molecule has 0 unspecified atom stereocenters. The predicted molar refractivity (Wildman–Crippen MR) is 94.1 cm³/mol. The summed E-state index contributed by atoms with van der Waals surface area (Å²) in [5, 5.41) is 4.39. The Morgan fingerprint density at radius 1 is 1.09 bits per heavy atom. The van der Waals surface area contributed by atoms with Gasteiger partial charge in [-0.1, -0.05) is 42.5 Å². The smallest absolute Gasteiger partial charge is 0.126 e. The maximum absolute atomic E-state index is 13.5. The van der Waals surface area contributed by atoms with E-state index in [1.54, 1.807) is 17.4 Å². The number of halogens is 1. The van der Waals surface area contributed by atoms with Crippen molar-refractivity contribution >= 4 is 11.3 Å². The first-order chi connectivity index (χ1) is 11.2. The van der Waals surface area contributed by atoms with E-state index < -0.39 is 0 Å². The number of nitrogens with zero attached hydrogens (tertiary/aromatic N) is 1. The summed E-state index contributed by atoms with van der Waals surface area (Å²) in [7, 11) is 0. The third kappa shape index (κ3) is 4.03. The van der Waals surface area contributed by atoms with E-state index in [9.17, 15) is 4.39 Å². The molecule has 3 rings (SSSR count). The molecular weight excluding hydrogens is 307 g/mol. The molecule has 0 bridgehead atoms. The fraction of sp³-hybridized carbons (Fsp3) is 0.211. The molecule has 0 amide bonds. The summed E-state index contributed by atoms with van der Waals surface area (Å²) >= 11 is 1.70. The van der Waals surface area contributed by atoms with Gasteiger partial charge in [0, 0.05) is 12.7 Å². The second kappa shape index (κ2) is 7.49. The highest BCUT2D eigenvalue weighted by Crippen LogP contribution is 2.28. The molecule has 2 aromatic carbocycles. The number of aryl methyl sites for hydroxylation is 1. The molecule has 0 atom stereocenters. The molecule has 0 saturated heterocycles. The van der Waals surface area contributed by atoms with Gasteiger partial charge in [0.25, 0.3) is 0 Å². The lowest BCUT2D eigenvalue weighted by Gasteiger charge is -2.04. The van der Waals surface area contributed by atoms with Gasteiger partial charge in [-0.2, -0.15) is 0 Å². The Hall–Kier alpha value is -2.04. The SMILES string of the molecule is Cc1ccccc1-c1cnc(CNCCc2ccccc2F)s1. The van der Waals surface area contributed by atoms with Crippen LogP contribution in [0.1, 0.15) is 16.1 Å². The summed E-state index contributed by atoms with van der Waals surface area (Å²) in [5.74, 6) is -0.134. The molecule has 1 heterocycles. The second-order valence-electron chi connectivity index (χ2n) is 5.45. The van der Waals surface area contributed by atoms with Crippen LogP contribution in [0.25, 0.3) is 10.4 Å². The van der Waals surface area contributed by atoms with E-state index in [0.717, 1.165) is 17.1 Å². The molecule has 1 N–H and O–H groups in total. The highest BCUT2D eigenvalue weighted by molar-refractivity contribution is 7.15. The number of thiazole rings is 1. The molecule has 118 valence electrons. The second-order valence-corrected chi connectivity index (χ2v) is 6.57. The van der Waals surface area contributed by atoms with Crippen LogP contribution < -0.4 is 5.32 Å². The van der Waals surface area contributed by atoms with E-state index in [4.69, 9.17) is 0 Å². The Morgan fingerprint density at radius 3 is 2.70 bits per heavy atom. The molecule has 0 aliphatic rings. The zero-order valence-electron chi connectivity index (χ0n) is 13.1. The molecule has 0 saturated carbocycles. The summed E-state index contributed by atoms with van der Waals surface area (Å²) in [6, 6.07) is 15.3. The Morgan fingerprint density at radius 2 is 1.87 bits per heavy atom. The molecule has 0 aliphatic carbocycles. The molecule has 4 heteroatoms. The number of hydrogen-bond donors (Lipinski definition) is 1. The van der Waals surface area contributed by atoms with Crippen molar-refractivity contribution in [1.29, 1.82) is 0 Å². The van der Waals surface area contributed by atoms with E-state index in [2.05, 4.69) is 29.4 Å². The average Bonchev–Trinajstić information content (AvgIpc) is 3.02. The first-order valence-corrected chi connectivity index (χ1v) is 8.50. The minimum absolute atomic E-state index is 0.134. The molecule has 2 nitrogen and oxygen atoms in total. The van der Waals surface area contributed by atoms with Gasteiger partial charge in [0.05, 0.1) is 4.88 Å². The van der Waals surface area contributed by atoms with Crippen molar-refractivity contribution in [2.75, 3.05) is 6.54 Å². The number of rotatable bonds is 6. The molecule has 3 aromatic rings. The van der Waals surface area contributed by atoms with E-state index >= 15 is 0 Å². The summed E-state index contributed by atoms with van der Waals surface area (Å²) in [6.07, 6.45) is 2.61. The maximum atomic E-state index is 13.5. The topological polar surface area (TPSA) is 24.9 Å². The molecule has 1 aromatic heterocycles. The van der Waals surface area contributed by atoms with Crippen molar-refractivity contribution in [3.8, 4) is 10.4 Å². The monoisotopic (exact) mass is 326 g/mol. The van der Waals surface area contributed by atoms with E-state index in [1.165, 1.54) is 22.1 Å². The lowest BCUT2D eigenvalue weighted by Crippen LogP contribution is -2.16. The summed E-state index contributed by atoms with van der Waals surface area (Å²) < 4.78 is 13.5. The normalized spacial score (nSPS) is 10.9. The number of aromatic nitrogens is 1. The van der Waals surface area contributed by atoms with Crippen molar-refractivity contribution in [1.82, 2.24) is 10.3 Å². The third-order valence-electron chi connectivity index (χ3n) is 3.77. The van der Waals surface area contributed by atoms with E-state index in [-0.39, 0.29) is 5.82 Å². The standard InChI is InChI=1S/C19H19FN2S/c1-14-6-2-4-8-16(14)18-12-22-19(23-18)13-21-11-10-15-7-3-5-9-17(15)20/h2-9,12,21H,10-11,13H2,1H3. The van der Waals surface area contributed by atoms with Crippen LogP contribution in [0, 0.1) is 12.7 Å². The highest BCUT2D eigenvalue weighted by Gasteiger charge is 2.06. The van der Waals surface area contributed by atoms with Gasteiger partial charge in [-0.25, -0.2) is 9.37 Å². The lowest BCUT2D eigenvalue weighted by molar-refractivity contribution is 0.597. The summed E-state index contributed by atoms with van der Waals surface area (Å²) in [4.78, 5) is 5.67. The van der Waals surface area contributed by atoms with Gasteiger partial charge in [0.1, 0.15) is 10.8 Å².